The van der Waals surface area contributed by atoms with Crippen LogP contribution in [-0.2, 0) is 5.88 Å². The average molecular weight is 311 g/mol. The van der Waals surface area contributed by atoms with Gasteiger partial charge in [-0.3, -0.25) is 0 Å². The summed E-state index contributed by atoms with van der Waals surface area (Å²) >= 11 is 12.6. The van der Waals surface area contributed by atoms with Crippen molar-refractivity contribution in [3.05, 3.63) is 29.0 Å². The van der Waals surface area contributed by atoms with Gasteiger partial charge in [-0.1, -0.05) is 43.9 Å². The van der Waals surface area contributed by atoms with E-state index in [0.29, 0.717) is 17.8 Å². The molecule has 20 heavy (non-hydrogen) atoms. The van der Waals surface area contributed by atoms with Crippen LogP contribution in [0.15, 0.2) is 18.2 Å². The molecular formula is C16H20Cl2N2. The first-order valence-corrected chi connectivity index (χ1v) is 8.35. The van der Waals surface area contributed by atoms with Crippen LogP contribution in [-0.4, -0.2) is 9.55 Å². The minimum absolute atomic E-state index is 0.439. The zero-order valence-corrected chi connectivity index (χ0v) is 13.3. The molecule has 4 heteroatoms. The molecule has 1 aromatic heterocycles. The highest BCUT2D eigenvalue weighted by atomic mass is 35.5. The number of rotatable bonds is 2. The van der Waals surface area contributed by atoms with Gasteiger partial charge in [-0.25, -0.2) is 4.98 Å². The number of hydrogen-bond donors (Lipinski definition) is 0. The van der Waals surface area contributed by atoms with Crippen molar-refractivity contribution >= 4 is 34.2 Å². The fraction of sp³-hybridized carbons (Fsp3) is 0.562. The first-order valence-electron chi connectivity index (χ1n) is 7.43. The summed E-state index contributed by atoms with van der Waals surface area (Å²) in [6, 6.07) is 6.39. The molecule has 1 aromatic carbocycles. The van der Waals surface area contributed by atoms with Crippen LogP contribution in [0.25, 0.3) is 11.0 Å². The number of fused-ring (bicyclic) bond motifs is 1. The van der Waals surface area contributed by atoms with Gasteiger partial charge in [0.15, 0.2) is 0 Å². The predicted octanol–water partition coefficient (Wildman–Crippen LogP) is 5.57. The smallest absolute Gasteiger partial charge is 0.125 e. The maximum Gasteiger partial charge on any atom is 0.125 e. The predicted molar refractivity (Wildman–Crippen MR) is 85.6 cm³/mol. The SMILES string of the molecule is CC1CCCCCC1n1c(CCl)nc2cccc(Cl)c21. The Bertz CT molecular complexity index is 606. The molecule has 0 saturated heterocycles. The van der Waals surface area contributed by atoms with E-state index in [9.17, 15) is 0 Å². The molecule has 0 aliphatic heterocycles. The molecule has 1 fully saturated rings. The number of para-hydroxylation sites is 1. The Morgan fingerprint density at radius 1 is 1.25 bits per heavy atom. The van der Waals surface area contributed by atoms with Crippen molar-refractivity contribution in [2.75, 3.05) is 0 Å². The lowest BCUT2D eigenvalue weighted by Gasteiger charge is -2.25. The van der Waals surface area contributed by atoms with E-state index < -0.39 is 0 Å². The van der Waals surface area contributed by atoms with Crippen LogP contribution >= 0.6 is 23.2 Å². The molecule has 0 bridgehead atoms. The van der Waals surface area contributed by atoms with Crippen LogP contribution in [0.3, 0.4) is 0 Å². The second-order valence-corrected chi connectivity index (χ2v) is 6.50. The average Bonchev–Trinajstić information content (AvgIpc) is 2.69. The summed E-state index contributed by atoms with van der Waals surface area (Å²) in [5.41, 5.74) is 2.02. The second kappa shape index (κ2) is 5.95. The molecule has 2 atom stereocenters. The highest BCUT2D eigenvalue weighted by molar-refractivity contribution is 6.35. The van der Waals surface area contributed by atoms with E-state index in [0.717, 1.165) is 21.9 Å². The van der Waals surface area contributed by atoms with Crippen molar-refractivity contribution in [3.8, 4) is 0 Å². The number of alkyl halides is 1. The highest BCUT2D eigenvalue weighted by Crippen LogP contribution is 2.37. The molecule has 2 aromatic rings. The minimum Gasteiger partial charge on any atom is -0.322 e. The van der Waals surface area contributed by atoms with E-state index in [1.807, 2.05) is 18.2 Å². The number of halogens is 2. The number of imidazole rings is 1. The minimum atomic E-state index is 0.439. The van der Waals surface area contributed by atoms with Crippen LogP contribution in [0.5, 0.6) is 0 Å². The first-order chi connectivity index (χ1) is 9.72. The van der Waals surface area contributed by atoms with Crippen molar-refractivity contribution in [3.63, 3.8) is 0 Å². The Labute approximate surface area is 130 Å². The van der Waals surface area contributed by atoms with Crippen LogP contribution in [0.4, 0.5) is 0 Å². The lowest BCUT2D eigenvalue weighted by molar-refractivity contribution is 0.335. The lowest BCUT2D eigenvalue weighted by atomic mass is 9.96. The summed E-state index contributed by atoms with van der Waals surface area (Å²) in [7, 11) is 0. The van der Waals surface area contributed by atoms with Crippen molar-refractivity contribution in [2.24, 2.45) is 5.92 Å². The molecule has 1 saturated carbocycles. The van der Waals surface area contributed by atoms with Gasteiger partial charge in [0.2, 0.25) is 0 Å². The summed E-state index contributed by atoms with van der Waals surface area (Å²) in [6.45, 7) is 2.34. The Morgan fingerprint density at radius 2 is 2.05 bits per heavy atom. The van der Waals surface area contributed by atoms with E-state index in [4.69, 9.17) is 23.2 Å². The highest BCUT2D eigenvalue weighted by Gasteiger charge is 2.26. The van der Waals surface area contributed by atoms with Gasteiger partial charge in [-0.2, -0.15) is 0 Å². The standard InChI is InChI=1S/C16H20Cl2N2/c1-11-6-3-2-4-9-14(11)20-15(10-17)19-13-8-5-7-12(18)16(13)20/h5,7-8,11,14H,2-4,6,9-10H2,1H3. The lowest BCUT2D eigenvalue weighted by Crippen LogP contribution is -2.18. The second-order valence-electron chi connectivity index (χ2n) is 5.82. The maximum atomic E-state index is 6.44. The fourth-order valence-electron chi connectivity index (χ4n) is 3.46. The molecule has 0 radical (unpaired) electrons. The summed E-state index contributed by atoms with van der Waals surface area (Å²) in [6.07, 6.45) is 6.41. The largest absolute Gasteiger partial charge is 0.322 e. The van der Waals surface area contributed by atoms with E-state index in [1.54, 1.807) is 0 Å². The van der Waals surface area contributed by atoms with Gasteiger partial charge in [-0.05, 0) is 30.9 Å². The Hall–Kier alpha value is -0.730. The third-order valence-corrected chi connectivity index (χ3v) is 5.05. The molecule has 0 spiro atoms. The van der Waals surface area contributed by atoms with E-state index in [2.05, 4.69) is 16.5 Å². The number of nitrogens with zero attached hydrogens (tertiary/aromatic N) is 2. The van der Waals surface area contributed by atoms with Gasteiger partial charge in [-0.15, -0.1) is 11.6 Å². The first kappa shape index (κ1) is 14.2. The monoisotopic (exact) mass is 310 g/mol. The molecule has 1 aliphatic carbocycles. The third kappa shape index (κ3) is 2.44. The number of hydrogen-bond acceptors (Lipinski definition) is 1. The number of aromatic nitrogens is 2. The van der Waals surface area contributed by atoms with E-state index >= 15 is 0 Å². The molecule has 3 rings (SSSR count). The van der Waals surface area contributed by atoms with Crippen LogP contribution in [0.2, 0.25) is 5.02 Å². The molecule has 0 N–H and O–H groups in total. The quantitative estimate of drug-likeness (QED) is 0.523. The molecule has 108 valence electrons. The summed E-state index contributed by atoms with van der Waals surface area (Å²) in [4.78, 5) is 4.68. The van der Waals surface area contributed by atoms with Crippen LogP contribution < -0.4 is 0 Å². The third-order valence-electron chi connectivity index (χ3n) is 4.50. The zero-order chi connectivity index (χ0) is 14.1. The van der Waals surface area contributed by atoms with Gasteiger partial charge in [0, 0.05) is 6.04 Å². The normalized spacial score (nSPS) is 23.9. The van der Waals surface area contributed by atoms with E-state index in [1.165, 1.54) is 32.1 Å². The molecular weight excluding hydrogens is 291 g/mol. The van der Waals surface area contributed by atoms with Crippen molar-refractivity contribution in [1.29, 1.82) is 0 Å². The zero-order valence-electron chi connectivity index (χ0n) is 11.8. The molecule has 0 amide bonds. The van der Waals surface area contributed by atoms with Crippen molar-refractivity contribution in [1.82, 2.24) is 9.55 Å². The summed E-state index contributed by atoms with van der Waals surface area (Å²) in [5, 5.41) is 0.780. The Kier molecular flexibility index (Phi) is 4.23. The van der Waals surface area contributed by atoms with Crippen molar-refractivity contribution < 1.29 is 0 Å². The molecule has 2 nitrogen and oxygen atoms in total. The van der Waals surface area contributed by atoms with Gasteiger partial charge in [0.25, 0.3) is 0 Å². The molecule has 2 unspecified atom stereocenters. The van der Waals surface area contributed by atoms with E-state index in [-0.39, 0.29) is 0 Å². The Morgan fingerprint density at radius 3 is 2.85 bits per heavy atom. The van der Waals surface area contributed by atoms with Gasteiger partial charge < -0.3 is 4.57 Å². The van der Waals surface area contributed by atoms with Gasteiger partial charge >= 0.3 is 0 Å². The van der Waals surface area contributed by atoms with Crippen LogP contribution in [0.1, 0.15) is 50.9 Å². The number of benzene rings is 1. The fourth-order valence-corrected chi connectivity index (χ4v) is 3.91. The maximum absolute atomic E-state index is 6.44. The summed E-state index contributed by atoms with van der Waals surface area (Å²) < 4.78 is 2.32. The summed E-state index contributed by atoms with van der Waals surface area (Å²) in [5.74, 6) is 2.04. The van der Waals surface area contributed by atoms with Gasteiger partial charge in [0.1, 0.15) is 5.82 Å². The van der Waals surface area contributed by atoms with Crippen LogP contribution in [0, 0.1) is 5.92 Å². The van der Waals surface area contributed by atoms with Gasteiger partial charge in [0.05, 0.1) is 21.9 Å². The van der Waals surface area contributed by atoms with Crippen molar-refractivity contribution in [2.45, 2.75) is 50.9 Å². The molecule has 1 aliphatic rings. The topological polar surface area (TPSA) is 17.8 Å². The Balaban J connectivity index is 2.17. The molecule has 1 heterocycles.